The first kappa shape index (κ1) is 18.8. The zero-order valence-corrected chi connectivity index (χ0v) is 16.3. The van der Waals surface area contributed by atoms with Gasteiger partial charge in [0.15, 0.2) is 5.82 Å². The van der Waals surface area contributed by atoms with Gasteiger partial charge in [-0.3, -0.25) is 9.48 Å². The largest absolute Gasteiger partial charge is 0.365 e. The summed E-state index contributed by atoms with van der Waals surface area (Å²) in [7, 11) is 0. The molecule has 1 saturated heterocycles. The molecule has 0 spiro atoms. The van der Waals surface area contributed by atoms with Gasteiger partial charge in [-0.05, 0) is 63.0 Å². The van der Waals surface area contributed by atoms with Crippen molar-refractivity contribution >= 4 is 29.0 Å². The lowest BCUT2D eigenvalue weighted by atomic mass is 9.81. The van der Waals surface area contributed by atoms with Gasteiger partial charge < -0.3 is 16.0 Å². The molecule has 1 amide bonds. The summed E-state index contributed by atoms with van der Waals surface area (Å²) in [5.74, 6) is -0.287. The average molecular weight is 399 g/mol. The van der Waals surface area contributed by atoms with Gasteiger partial charge in [0.05, 0.1) is 18.0 Å². The third-order valence-corrected chi connectivity index (χ3v) is 6.06. The molecule has 4 rings (SSSR count). The standard InChI is InChI=1S/C20H23ClN6O/c21-14-2-4-15(5-3-14)24-20-17(19(23)28)12-27(25-20)18-7-6-16(10-13(18)11-22)26-8-1-9-26/h2-5,12-13,16,18H,1,6-10H2,(H2,23,28)(H,24,25)/t13-,16+,18+/m1/s1. The number of halogens is 1. The minimum Gasteiger partial charge on any atom is -0.365 e. The summed E-state index contributed by atoms with van der Waals surface area (Å²) in [6.07, 6.45) is 5.65. The van der Waals surface area contributed by atoms with Crippen molar-refractivity contribution in [3.8, 4) is 6.07 Å². The van der Waals surface area contributed by atoms with Crippen LogP contribution in [0.5, 0.6) is 0 Å². The van der Waals surface area contributed by atoms with Crippen LogP contribution in [0.25, 0.3) is 0 Å². The fourth-order valence-electron chi connectivity index (χ4n) is 4.13. The molecule has 146 valence electrons. The second-order valence-electron chi connectivity index (χ2n) is 7.53. The van der Waals surface area contributed by atoms with Crippen molar-refractivity contribution in [2.75, 3.05) is 18.4 Å². The molecule has 0 bridgehead atoms. The predicted octanol–water partition coefficient (Wildman–Crippen LogP) is 3.32. The fraction of sp³-hybridized carbons (Fsp3) is 0.450. The highest BCUT2D eigenvalue weighted by atomic mass is 35.5. The Labute approximate surface area is 169 Å². The second kappa shape index (κ2) is 7.82. The Morgan fingerprint density at radius 2 is 2.04 bits per heavy atom. The van der Waals surface area contributed by atoms with E-state index in [1.54, 1.807) is 23.0 Å². The monoisotopic (exact) mass is 398 g/mol. The van der Waals surface area contributed by atoms with E-state index in [0.29, 0.717) is 22.4 Å². The first-order chi connectivity index (χ1) is 13.5. The van der Waals surface area contributed by atoms with E-state index in [9.17, 15) is 10.1 Å². The smallest absolute Gasteiger partial charge is 0.254 e. The number of nitrogens with two attached hydrogens (primary N) is 1. The van der Waals surface area contributed by atoms with Crippen LogP contribution in [0.15, 0.2) is 30.5 Å². The van der Waals surface area contributed by atoms with Crippen LogP contribution in [0, 0.1) is 17.2 Å². The molecule has 3 N–H and O–H groups in total. The van der Waals surface area contributed by atoms with Gasteiger partial charge in [0.2, 0.25) is 0 Å². The van der Waals surface area contributed by atoms with E-state index >= 15 is 0 Å². The molecule has 2 aromatic rings. The van der Waals surface area contributed by atoms with Crippen molar-refractivity contribution in [2.45, 2.75) is 37.8 Å². The molecule has 2 fully saturated rings. The molecule has 28 heavy (non-hydrogen) atoms. The lowest BCUT2D eigenvalue weighted by Crippen LogP contribution is -2.48. The van der Waals surface area contributed by atoms with Crippen molar-refractivity contribution in [1.82, 2.24) is 14.7 Å². The highest BCUT2D eigenvalue weighted by molar-refractivity contribution is 6.30. The quantitative estimate of drug-likeness (QED) is 0.804. The van der Waals surface area contributed by atoms with Gasteiger partial charge in [-0.1, -0.05) is 11.6 Å². The minimum atomic E-state index is -0.550. The van der Waals surface area contributed by atoms with Crippen LogP contribution < -0.4 is 11.1 Å². The summed E-state index contributed by atoms with van der Waals surface area (Å²) in [6, 6.07) is 10.0. The Kier molecular flexibility index (Phi) is 5.25. The maximum absolute atomic E-state index is 11.9. The average Bonchev–Trinajstić information content (AvgIpc) is 3.06. The molecule has 1 aliphatic heterocycles. The fourth-order valence-corrected chi connectivity index (χ4v) is 4.26. The van der Waals surface area contributed by atoms with Gasteiger partial charge in [0.25, 0.3) is 5.91 Å². The summed E-state index contributed by atoms with van der Waals surface area (Å²) in [5, 5.41) is 18.1. The number of amides is 1. The van der Waals surface area contributed by atoms with Gasteiger partial charge in [0, 0.05) is 22.9 Å². The molecule has 1 aliphatic carbocycles. The van der Waals surface area contributed by atoms with Crippen molar-refractivity contribution in [1.29, 1.82) is 5.26 Å². The van der Waals surface area contributed by atoms with E-state index in [-0.39, 0.29) is 12.0 Å². The summed E-state index contributed by atoms with van der Waals surface area (Å²) in [4.78, 5) is 14.4. The van der Waals surface area contributed by atoms with Crippen LogP contribution >= 0.6 is 11.6 Å². The number of carbonyl (C=O) groups excluding carboxylic acids is 1. The molecule has 2 heterocycles. The number of rotatable bonds is 5. The van der Waals surface area contributed by atoms with Crippen LogP contribution in [0.4, 0.5) is 11.5 Å². The van der Waals surface area contributed by atoms with Crippen LogP contribution in [0.2, 0.25) is 5.02 Å². The molecule has 2 aliphatic rings. The second-order valence-corrected chi connectivity index (χ2v) is 7.96. The number of likely N-dealkylation sites (tertiary alicyclic amines) is 1. The highest BCUT2D eigenvalue weighted by Crippen LogP contribution is 2.37. The van der Waals surface area contributed by atoms with Crippen molar-refractivity contribution < 1.29 is 4.79 Å². The number of hydrogen-bond donors (Lipinski definition) is 2. The van der Waals surface area contributed by atoms with Crippen LogP contribution in [-0.4, -0.2) is 39.7 Å². The van der Waals surface area contributed by atoms with Gasteiger partial charge in [0.1, 0.15) is 5.56 Å². The van der Waals surface area contributed by atoms with E-state index in [4.69, 9.17) is 17.3 Å². The molecule has 0 unspecified atom stereocenters. The Morgan fingerprint density at radius 3 is 2.64 bits per heavy atom. The Morgan fingerprint density at radius 1 is 1.29 bits per heavy atom. The topological polar surface area (TPSA) is 100.0 Å². The normalized spacial score (nSPS) is 24.9. The van der Waals surface area contributed by atoms with Gasteiger partial charge >= 0.3 is 0 Å². The van der Waals surface area contributed by atoms with E-state index in [1.807, 2.05) is 12.1 Å². The molecule has 3 atom stereocenters. The summed E-state index contributed by atoms with van der Waals surface area (Å²) >= 11 is 5.93. The molecule has 0 radical (unpaired) electrons. The predicted molar refractivity (Wildman–Crippen MR) is 107 cm³/mol. The van der Waals surface area contributed by atoms with Crippen LogP contribution in [0.3, 0.4) is 0 Å². The molecule has 1 aromatic carbocycles. The lowest BCUT2D eigenvalue weighted by molar-refractivity contribution is 0.0649. The molecule has 7 nitrogen and oxygen atoms in total. The minimum absolute atomic E-state index is 0.0543. The van der Waals surface area contributed by atoms with Gasteiger partial charge in [-0.15, -0.1) is 0 Å². The molecule has 8 heteroatoms. The third-order valence-electron chi connectivity index (χ3n) is 5.80. The van der Waals surface area contributed by atoms with E-state index in [0.717, 1.165) is 38.0 Å². The molecule has 1 aromatic heterocycles. The Hall–Kier alpha value is -2.56. The number of benzene rings is 1. The first-order valence-electron chi connectivity index (χ1n) is 9.60. The maximum atomic E-state index is 11.9. The summed E-state index contributed by atoms with van der Waals surface area (Å²) < 4.78 is 1.75. The van der Waals surface area contributed by atoms with E-state index < -0.39 is 5.91 Å². The number of anilines is 2. The number of nitriles is 1. The number of nitrogens with one attached hydrogen (secondary N) is 1. The van der Waals surface area contributed by atoms with Crippen LogP contribution in [-0.2, 0) is 0 Å². The number of hydrogen-bond acceptors (Lipinski definition) is 5. The number of nitrogens with zero attached hydrogens (tertiary/aromatic N) is 4. The maximum Gasteiger partial charge on any atom is 0.254 e. The number of aromatic nitrogens is 2. The Balaban J connectivity index is 1.56. The number of carbonyl (C=O) groups is 1. The summed E-state index contributed by atoms with van der Waals surface area (Å²) in [5.41, 5.74) is 6.64. The zero-order valence-electron chi connectivity index (χ0n) is 15.5. The van der Waals surface area contributed by atoms with Gasteiger partial charge in [-0.25, -0.2) is 0 Å². The van der Waals surface area contributed by atoms with Crippen molar-refractivity contribution in [3.63, 3.8) is 0 Å². The molecular formula is C20H23ClN6O. The van der Waals surface area contributed by atoms with Crippen molar-refractivity contribution in [3.05, 3.63) is 41.0 Å². The highest BCUT2D eigenvalue weighted by Gasteiger charge is 2.36. The van der Waals surface area contributed by atoms with E-state index in [1.165, 1.54) is 6.42 Å². The molecule has 1 saturated carbocycles. The first-order valence-corrected chi connectivity index (χ1v) is 9.98. The SMILES string of the molecule is N#C[C@H]1C[C@@H](N2CCC2)CC[C@@H]1n1cc(C(N)=O)c(Nc2ccc(Cl)cc2)n1. The van der Waals surface area contributed by atoms with Crippen molar-refractivity contribution in [2.24, 2.45) is 11.7 Å². The van der Waals surface area contributed by atoms with Crippen LogP contribution in [0.1, 0.15) is 42.1 Å². The Bertz CT molecular complexity index is 898. The van der Waals surface area contributed by atoms with Gasteiger partial charge in [-0.2, -0.15) is 10.4 Å². The summed E-state index contributed by atoms with van der Waals surface area (Å²) in [6.45, 7) is 2.27. The number of primary amides is 1. The van der Waals surface area contributed by atoms with E-state index in [2.05, 4.69) is 21.4 Å². The molecular weight excluding hydrogens is 376 g/mol. The third kappa shape index (κ3) is 3.71. The zero-order chi connectivity index (χ0) is 19.7. The lowest BCUT2D eigenvalue weighted by Gasteiger charge is -2.43.